The molecule has 1 aromatic carbocycles. The molecule has 0 spiro atoms. The van der Waals surface area contributed by atoms with Crippen LogP contribution in [0, 0.1) is 5.82 Å². The number of hydrogen-bond donors (Lipinski definition) is 2. The second kappa shape index (κ2) is 5.86. The average molecular weight is 288 g/mol. The van der Waals surface area contributed by atoms with Gasteiger partial charge in [0.2, 0.25) is 0 Å². The zero-order valence-corrected chi connectivity index (χ0v) is 11.0. The third kappa shape index (κ3) is 3.23. The molecule has 0 aromatic heterocycles. The van der Waals surface area contributed by atoms with E-state index < -0.39 is 17.3 Å². The van der Waals surface area contributed by atoms with Crippen molar-refractivity contribution in [2.45, 2.75) is 18.4 Å². The van der Waals surface area contributed by atoms with Gasteiger partial charge < -0.3 is 15.2 Å². The summed E-state index contributed by atoms with van der Waals surface area (Å²) in [6, 6.07) is 3.87. The standard InChI is InChI=1S/C13H15ClFNO3/c14-10-2-1-9(7-11(10)15)12(18)16-13(8-17)3-5-19-6-4-13/h1-2,7,17H,3-6,8H2,(H,16,18). The Balaban J connectivity index is 2.12. The smallest absolute Gasteiger partial charge is 0.251 e. The van der Waals surface area contributed by atoms with Crippen LogP contribution in [-0.2, 0) is 4.74 Å². The first-order chi connectivity index (χ1) is 9.06. The molecule has 0 radical (unpaired) electrons. The fourth-order valence-electron chi connectivity index (χ4n) is 2.04. The molecule has 2 N–H and O–H groups in total. The Morgan fingerprint density at radius 2 is 2.16 bits per heavy atom. The molecule has 104 valence electrons. The van der Waals surface area contributed by atoms with Crippen LogP contribution in [-0.4, -0.2) is 36.4 Å². The lowest BCUT2D eigenvalue weighted by Crippen LogP contribution is -2.54. The normalized spacial score (nSPS) is 18.1. The first-order valence-electron chi connectivity index (χ1n) is 6.02. The van der Waals surface area contributed by atoms with Gasteiger partial charge in [0.15, 0.2) is 0 Å². The van der Waals surface area contributed by atoms with Crippen LogP contribution in [0.5, 0.6) is 0 Å². The number of carbonyl (C=O) groups excluding carboxylic acids is 1. The van der Waals surface area contributed by atoms with Crippen molar-refractivity contribution in [2.24, 2.45) is 0 Å². The predicted molar refractivity (Wildman–Crippen MR) is 68.7 cm³/mol. The van der Waals surface area contributed by atoms with E-state index >= 15 is 0 Å². The molecule has 0 unspecified atom stereocenters. The summed E-state index contributed by atoms with van der Waals surface area (Å²) in [5.74, 6) is -1.06. The van der Waals surface area contributed by atoms with E-state index in [1.165, 1.54) is 12.1 Å². The molecule has 1 amide bonds. The van der Waals surface area contributed by atoms with Crippen LogP contribution in [0.15, 0.2) is 18.2 Å². The number of ether oxygens (including phenoxy) is 1. The van der Waals surface area contributed by atoms with E-state index in [1.807, 2.05) is 0 Å². The number of halogens is 2. The number of benzene rings is 1. The van der Waals surface area contributed by atoms with Gasteiger partial charge in [-0.15, -0.1) is 0 Å². The molecule has 4 nitrogen and oxygen atoms in total. The highest BCUT2D eigenvalue weighted by atomic mass is 35.5. The zero-order valence-electron chi connectivity index (χ0n) is 10.3. The number of rotatable bonds is 3. The lowest BCUT2D eigenvalue weighted by Gasteiger charge is -2.36. The van der Waals surface area contributed by atoms with Gasteiger partial charge in [0.1, 0.15) is 5.82 Å². The molecule has 1 aromatic rings. The first kappa shape index (κ1) is 14.2. The second-order valence-electron chi connectivity index (χ2n) is 4.63. The summed E-state index contributed by atoms with van der Waals surface area (Å²) >= 11 is 5.57. The Kier molecular flexibility index (Phi) is 4.39. The first-order valence-corrected chi connectivity index (χ1v) is 6.40. The maximum Gasteiger partial charge on any atom is 0.251 e. The van der Waals surface area contributed by atoms with Gasteiger partial charge in [-0.1, -0.05) is 11.6 Å². The van der Waals surface area contributed by atoms with Crippen LogP contribution in [0.3, 0.4) is 0 Å². The maximum atomic E-state index is 13.3. The topological polar surface area (TPSA) is 58.6 Å². The molecule has 0 bridgehead atoms. The van der Waals surface area contributed by atoms with E-state index in [-0.39, 0.29) is 17.2 Å². The summed E-state index contributed by atoms with van der Waals surface area (Å²) in [5, 5.41) is 12.2. The molecule has 1 aliphatic rings. The lowest BCUT2D eigenvalue weighted by atomic mass is 9.90. The molecular weight excluding hydrogens is 273 g/mol. The Morgan fingerprint density at radius 1 is 1.47 bits per heavy atom. The second-order valence-corrected chi connectivity index (χ2v) is 5.04. The van der Waals surface area contributed by atoms with E-state index in [4.69, 9.17) is 16.3 Å². The Hall–Kier alpha value is -1.17. The Labute approximate surface area is 115 Å². The largest absolute Gasteiger partial charge is 0.394 e. The number of hydrogen-bond acceptors (Lipinski definition) is 3. The van der Waals surface area contributed by atoms with Gasteiger partial charge >= 0.3 is 0 Å². The summed E-state index contributed by atoms with van der Waals surface area (Å²) in [4.78, 5) is 12.1. The highest BCUT2D eigenvalue weighted by molar-refractivity contribution is 6.30. The van der Waals surface area contributed by atoms with Gasteiger partial charge in [-0.25, -0.2) is 4.39 Å². The summed E-state index contributed by atoms with van der Waals surface area (Å²) in [6.45, 7) is 0.795. The van der Waals surface area contributed by atoms with Crippen LogP contribution >= 0.6 is 11.6 Å². The van der Waals surface area contributed by atoms with Crippen molar-refractivity contribution in [3.8, 4) is 0 Å². The van der Waals surface area contributed by atoms with Crippen LogP contribution in [0.4, 0.5) is 4.39 Å². The van der Waals surface area contributed by atoms with Crippen molar-refractivity contribution < 1.29 is 19.0 Å². The molecule has 19 heavy (non-hydrogen) atoms. The van der Waals surface area contributed by atoms with Crippen LogP contribution < -0.4 is 5.32 Å². The number of amides is 1. The third-order valence-corrected chi connectivity index (χ3v) is 3.62. The van der Waals surface area contributed by atoms with Crippen LogP contribution in [0.2, 0.25) is 5.02 Å². The van der Waals surface area contributed by atoms with Crippen molar-refractivity contribution in [1.82, 2.24) is 5.32 Å². The number of carbonyl (C=O) groups is 1. The zero-order chi connectivity index (χ0) is 13.9. The predicted octanol–water partition coefficient (Wildman–Crippen LogP) is 1.75. The minimum atomic E-state index is -0.689. The number of aliphatic hydroxyl groups is 1. The van der Waals surface area contributed by atoms with E-state index in [2.05, 4.69) is 5.32 Å². The van der Waals surface area contributed by atoms with Crippen LogP contribution in [0.25, 0.3) is 0 Å². The lowest BCUT2D eigenvalue weighted by molar-refractivity contribution is 0.0125. The van der Waals surface area contributed by atoms with E-state index in [9.17, 15) is 14.3 Å². The highest BCUT2D eigenvalue weighted by Gasteiger charge is 2.33. The van der Waals surface area contributed by atoms with E-state index in [1.54, 1.807) is 0 Å². The monoisotopic (exact) mass is 287 g/mol. The average Bonchev–Trinajstić information content (AvgIpc) is 2.43. The van der Waals surface area contributed by atoms with E-state index in [0.717, 1.165) is 6.07 Å². The summed E-state index contributed by atoms with van der Waals surface area (Å²) < 4.78 is 18.5. The molecule has 6 heteroatoms. The SMILES string of the molecule is O=C(NC1(CO)CCOCC1)c1ccc(Cl)c(F)c1. The van der Waals surface area contributed by atoms with Gasteiger partial charge in [-0.3, -0.25) is 4.79 Å². The molecule has 0 aliphatic carbocycles. The van der Waals surface area contributed by atoms with Gasteiger partial charge in [-0.2, -0.15) is 0 Å². The fraction of sp³-hybridized carbons (Fsp3) is 0.462. The molecule has 0 saturated carbocycles. The molecule has 1 fully saturated rings. The summed E-state index contributed by atoms with van der Waals surface area (Å²) in [6.07, 6.45) is 1.07. The van der Waals surface area contributed by atoms with Gasteiger partial charge in [0, 0.05) is 18.8 Å². The molecule has 1 aliphatic heterocycles. The van der Waals surface area contributed by atoms with E-state index in [0.29, 0.717) is 26.1 Å². The summed E-state index contributed by atoms with van der Waals surface area (Å²) in [7, 11) is 0. The fourth-order valence-corrected chi connectivity index (χ4v) is 2.15. The summed E-state index contributed by atoms with van der Waals surface area (Å²) in [5.41, 5.74) is -0.507. The van der Waals surface area contributed by atoms with Crippen molar-refractivity contribution in [3.63, 3.8) is 0 Å². The van der Waals surface area contributed by atoms with Gasteiger partial charge in [0.05, 0.1) is 17.2 Å². The van der Waals surface area contributed by atoms with Crippen molar-refractivity contribution in [2.75, 3.05) is 19.8 Å². The van der Waals surface area contributed by atoms with Crippen molar-refractivity contribution in [3.05, 3.63) is 34.6 Å². The minimum absolute atomic E-state index is 0.0283. The minimum Gasteiger partial charge on any atom is -0.394 e. The van der Waals surface area contributed by atoms with Crippen LogP contribution in [0.1, 0.15) is 23.2 Å². The Bertz CT molecular complexity index is 475. The molecule has 1 saturated heterocycles. The third-order valence-electron chi connectivity index (χ3n) is 3.31. The van der Waals surface area contributed by atoms with Gasteiger partial charge in [0.25, 0.3) is 5.91 Å². The highest BCUT2D eigenvalue weighted by Crippen LogP contribution is 2.21. The number of nitrogens with one attached hydrogen (secondary N) is 1. The number of aliphatic hydroxyl groups excluding tert-OH is 1. The molecule has 0 atom stereocenters. The maximum absolute atomic E-state index is 13.3. The molecule has 1 heterocycles. The van der Waals surface area contributed by atoms with Crippen molar-refractivity contribution in [1.29, 1.82) is 0 Å². The Morgan fingerprint density at radius 3 is 2.74 bits per heavy atom. The quantitative estimate of drug-likeness (QED) is 0.890. The molecule has 2 rings (SSSR count). The molecular formula is C13H15ClFNO3. The van der Waals surface area contributed by atoms with Crippen molar-refractivity contribution >= 4 is 17.5 Å². The van der Waals surface area contributed by atoms with Gasteiger partial charge in [-0.05, 0) is 31.0 Å².